The largest absolute Gasteiger partial charge is 0.475 e. The van der Waals surface area contributed by atoms with Gasteiger partial charge in [0.25, 0.3) is 0 Å². The highest BCUT2D eigenvalue weighted by atomic mass is 19.1. The molecular weight excluding hydrogens is 710 g/mol. The number of methoxy groups -OCH3 is 1. The van der Waals surface area contributed by atoms with E-state index in [1.165, 1.54) is 0 Å². The van der Waals surface area contributed by atoms with Gasteiger partial charge < -0.3 is 28.6 Å². The van der Waals surface area contributed by atoms with Crippen LogP contribution in [0.1, 0.15) is 65.4 Å². The number of halogens is 2. The fraction of sp³-hybridized carbons (Fsp3) is 0.561. The van der Waals surface area contributed by atoms with E-state index in [1.807, 2.05) is 49.9 Å². The van der Waals surface area contributed by atoms with Gasteiger partial charge in [-0.3, -0.25) is 9.80 Å². The number of aryl methyl sites for hydroxylation is 1. The molecule has 4 saturated heterocycles. The molecule has 2 bridgehead atoms. The van der Waals surface area contributed by atoms with Crippen LogP contribution in [0.3, 0.4) is 0 Å². The number of carbonyl (C=O) groups is 1. The van der Waals surface area contributed by atoms with Crippen LogP contribution in [-0.4, -0.2) is 113 Å². The van der Waals surface area contributed by atoms with Crippen molar-refractivity contribution in [1.82, 2.24) is 24.8 Å². The third kappa shape index (κ3) is 6.16. The van der Waals surface area contributed by atoms with E-state index in [9.17, 15) is 9.18 Å². The first-order chi connectivity index (χ1) is 26.5. The van der Waals surface area contributed by atoms with Gasteiger partial charge in [0, 0.05) is 32.2 Å². The summed E-state index contributed by atoms with van der Waals surface area (Å²) >= 11 is 0. The molecule has 4 aromatic rings. The Balaban J connectivity index is 1.20. The highest BCUT2D eigenvalue weighted by molar-refractivity contribution is 6.03. The topological polar surface area (TPSA) is 112 Å². The second-order valence-electron chi connectivity index (χ2n) is 16.6. The number of carbonyl (C=O) groups excluding carboxylic acids is 1. The minimum Gasteiger partial charge on any atom is -0.475 e. The molecule has 0 radical (unpaired) electrons. The van der Waals surface area contributed by atoms with Gasteiger partial charge in [-0.05, 0) is 87.9 Å². The quantitative estimate of drug-likeness (QED) is 0.176. The Morgan fingerprint density at radius 3 is 2.73 bits per heavy atom. The van der Waals surface area contributed by atoms with Crippen LogP contribution in [0.25, 0.3) is 32.9 Å². The maximum Gasteiger partial charge on any atom is 0.410 e. The number of nitrogens with zero attached hydrogens (tertiary/aromatic N) is 6. The van der Waals surface area contributed by atoms with E-state index in [0.717, 1.165) is 48.6 Å². The van der Waals surface area contributed by atoms with Crippen LogP contribution in [-0.2, 0) is 15.9 Å². The molecule has 12 nitrogen and oxygen atoms in total. The summed E-state index contributed by atoms with van der Waals surface area (Å²) in [6.45, 7) is 9.64. The number of rotatable bonds is 8. The molecule has 5 atom stereocenters. The van der Waals surface area contributed by atoms with Crippen molar-refractivity contribution in [3.05, 3.63) is 41.7 Å². The van der Waals surface area contributed by atoms with Gasteiger partial charge in [0.2, 0.25) is 5.88 Å². The van der Waals surface area contributed by atoms with Gasteiger partial charge in [-0.1, -0.05) is 25.1 Å². The maximum atomic E-state index is 17.6. The lowest BCUT2D eigenvalue weighted by molar-refractivity contribution is 0.00537. The van der Waals surface area contributed by atoms with E-state index < -0.39 is 23.1 Å². The molecule has 4 fully saturated rings. The molecule has 14 heteroatoms. The van der Waals surface area contributed by atoms with Crippen molar-refractivity contribution in [2.24, 2.45) is 0 Å². The van der Waals surface area contributed by atoms with E-state index in [1.54, 1.807) is 13.2 Å². The Kier molecular flexibility index (Phi) is 8.91. The number of aromatic nitrogens is 3. The number of ether oxygens (including phenoxy) is 5. The Labute approximate surface area is 319 Å². The highest BCUT2D eigenvalue weighted by Gasteiger charge is 2.52. The van der Waals surface area contributed by atoms with Gasteiger partial charge in [-0.25, -0.2) is 18.6 Å². The van der Waals surface area contributed by atoms with E-state index in [4.69, 9.17) is 38.6 Å². The Hall–Kier alpha value is -4.56. The molecule has 55 heavy (non-hydrogen) atoms. The minimum absolute atomic E-state index is 0.00638. The summed E-state index contributed by atoms with van der Waals surface area (Å²) in [7, 11) is 1.54. The van der Waals surface area contributed by atoms with Gasteiger partial charge in [-0.15, -0.1) is 0 Å². The zero-order valence-corrected chi connectivity index (χ0v) is 32.1. The summed E-state index contributed by atoms with van der Waals surface area (Å²) in [6, 6.07) is 8.94. The second kappa shape index (κ2) is 13.6. The summed E-state index contributed by atoms with van der Waals surface area (Å²) < 4.78 is 62.3. The number of pyridine rings is 1. The fourth-order valence-electron chi connectivity index (χ4n) is 9.72. The third-order valence-corrected chi connectivity index (χ3v) is 12.0. The smallest absolute Gasteiger partial charge is 0.410 e. The summed E-state index contributed by atoms with van der Waals surface area (Å²) in [5.41, 5.74) is 0.506. The third-order valence-electron chi connectivity index (χ3n) is 12.0. The molecule has 0 aliphatic carbocycles. The molecule has 0 unspecified atom stereocenters. The Morgan fingerprint density at radius 1 is 1.07 bits per heavy atom. The van der Waals surface area contributed by atoms with Crippen molar-refractivity contribution in [3.8, 4) is 28.9 Å². The van der Waals surface area contributed by atoms with Crippen molar-refractivity contribution in [2.75, 3.05) is 51.7 Å². The summed E-state index contributed by atoms with van der Waals surface area (Å²) in [5, 5.41) is 2.05. The van der Waals surface area contributed by atoms with Crippen LogP contribution in [0.2, 0.25) is 0 Å². The first kappa shape index (κ1) is 36.1. The molecule has 292 valence electrons. The molecule has 0 spiro atoms. The maximum absolute atomic E-state index is 17.6. The molecule has 2 aromatic carbocycles. The lowest BCUT2D eigenvalue weighted by Crippen LogP contribution is -2.63. The average molecular weight is 759 g/mol. The van der Waals surface area contributed by atoms with Gasteiger partial charge in [0.05, 0.1) is 23.7 Å². The van der Waals surface area contributed by atoms with Crippen molar-refractivity contribution in [3.63, 3.8) is 0 Å². The summed E-state index contributed by atoms with van der Waals surface area (Å²) in [6.07, 6.45) is 3.08. The first-order valence-corrected chi connectivity index (χ1v) is 19.5. The number of hydrogen-bond acceptors (Lipinski definition) is 11. The van der Waals surface area contributed by atoms with Crippen LogP contribution < -0.4 is 19.1 Å². The average Bonchev–Trinajstić information content (AvgIpc) is 3.76. The second-order valence-corrected chi connectivity index (χ2v) is 16.6. The van der Waals surface area contributed by atoms with E-state index in [2.05, 4.69) is 16.7 Å². The molecule has 9 rings (SSSR count). The molecule has 7 heterocycles. The predicted octanol–water partition coefficient (Wildman–Crippen LogP) is 6.83. The Morgan fingerprint density at radius 2 is 1.93 bits per heavy atom. The van der Waals surface area contributed by atoms with Crippen molar-refractivity contribution < 1.29 is 37.3 Å². The van der Waals surface area contributed by atoms with E-state index in [-0.39, 0.29) is 67.3 Å². The number of anilines is 1. The predicted molar refractivity (Wildman–Crippen MR) is 202 cm³/mol. The highest BCUT2D eigenvalue weighted by Crippen LogP contribution is 2.47. The van der Waals surface area contributed by atoms with E-state index >= 15 is 4.39 Å². The molecule has 0 N–H and O–H groups in total. The molecule has 5 aliphatic heterocycles. The van der Waals surface area contributed by atoms with Crippen LogP contribution in [0.4, 0.5) is 19.4 Å². The van der Waals surface area contributed by atoms with Gasteiger partial charge in [0.15, 0.2) is 12.6 Å². The molecule has 0 saturated carbocycles. The number of benzene rings is 2. The van der Waals surface area contributed by atoms with Crippen LogP contribution in [0, 0.1) is 5.82 Å². The molecule has 1 amide bonds. The van der Waals surface area contributed by atoms with E-state index in [0.29, 0.717) is 48.4 Å². The fourth-order valence-corrected chi connectivity index (χ4v) is 9.72. The van der Waals surface area contributed by atoms with Gasteiger partial charge in [-0.2, -0.15) is 9.97 Å². The standard InChI is InChI=1S/C41H48F2N6O6/c1-6-23-9-7-10-24-15-27(54-22-51-5)16-28(31(23)24)34-33(43)35-32-36(46-38(45-35)53-21-41-13-8-14-47(41)18-25(42)17-41)48-19-26-11-12-29(30(48)20-52-37(32)44-34)49(26)39(50)55-40(2,3)4/h7,9-10,15-16,25-26,29-30H,6,8,11-14,17-22H2,1-5H3/t25-,26+,29-,30+,41-/m1/s1. The normalized spacial score (nSPS) is 25.9. The van der Waals surface area contributed by atoms with Crippen molar-refractivity contribution in [1.29, 1.82) is 0 Å². The van der Waals surface area contributed by atoms with Gasteiger partial charge >= 0.3 is 12.1 Å². The number of hydrogen-bond donors (Lipinski definition) is 0. The lowest BCUT2D eigenvalue weighted by atomic mass is 9.94. The number of piperazine rings is 1. The summed E-state index contributed by atoms with van der Waals surface area (Å²) in [5.74, 6) is 0.495. The SMILES string of the molecule is CCc1cccc2cc(OCOC)cc(-c3nc4c5c(nc(OC[C@]67CCCN6C[C@H](F)C7)nc5c3F)N3C[C@@H]5CC[C@H]([C@@H]3CO4)N5C(=O)OC(C)(C)C)c12. The van der Waals surface area contributed by atoms with Crippen LogP contribution in [0.15, 0.2) is 30.3 Å². The molecule has 2 aromatic heterocycles. The summed E-state index contributed by atoms with van der Waals surface area (Å²) in [4.78, 5) is 34.4. The Bertz CT molecular complexity index is 2170. The zero-order chi connectivity index (χ0) is 38.2. The lowest BCUT2D eigenvalue weighted by Gasteiger charge is -2.46. The minimum atomic E-state index is -0.930. The number of alkyl halides is 1. The van der Waals surface area contributed by atoms with Crippen molar-refractivity contribution >= 4 is 33.6 Å². The number of amides is 1. The van der Waals surface area contributed by atoms with Gasteiger partial charge in [0.1, 0.15) is 53.2 Å². The monoisotopic (exact) mass is 758 g/mol. The van der Waals surface area contributed by atoms with Crippen LogP contribution >= 0.6 is 0 Å². The first-order valence-electron chi connectivity index (χ1n) is 19.5. The number of fused-ring (bicyclic) bond motifs is 7. The molecule has 5 aliphatic rings. The van der Waals surface area contributed by atoms with Crippen molar-refractivity contribution in [2.45, 2.75) is 102 Å². The zero-order valence-electron chi connectivity index (χ0n) is 32.1. The van der Waals surface area contributed by atoms with Crippen LogP contribution in [0.5, 0.6) is 17.6 Å². The molecular formula is C41H48F2N6O6.